The van der Waals surface area contributed by atoms with Crippen LogP contribution in [-0.4, -0.2) is 41.7 Å². The summed E-state index contributed by atoms with van der Waals surface area (Å²) in [6.45, 7) is 3.25. The van der Waals surface area contributed by atoms with Gasteiger partial charge in [-0.3, -0.25) is 0 Å². The minimum Gasteiger partial charge on any atom is -0.370 e. The van der Waals surface area contributed by atoms with Crippen LogP contribution < -0.4 is 16.1 Å². The van der Waals surface area contributed by atoms with E-state index in [-0.39, 0.29) is 6.04 Å². The summed E-state index contributed by atoms with van der Waals surface area (Å²) in [6.07, 6.45) is 4.29. The number of pyridine rings is 2. The highest BCUT2D eigenvalue weighted by Gasteiger charge is 2.30. The van der Waals surface area contributed by atoms with Crippen LogP contribution in [0.1, 0.15) is 30.1 Å². The van der Waals surface area contributed by atoms with Crippen LogP contribution in [0.15, 0.2) is 36.5 Å². The molecule has 1 atom stereocenters. The number of hydrazine groups is 1. The molecule has 4 heterocycles. The molecule has 2 aromatic rings. The zero-order chi connectivity index (χ0) is 16.4. The third kappa shape index (κ3) is 3.07. The van der Waals surface area contributed by atoms with Crippen molar-refractivity contribution in [1.29, 1.82) is 0 Å². The maximum absolute atomic E-state index is 4.85. The van der Waals surface area contributed by atoms with Gasteiger partial charge in [0.1, 0.15) is 11.6 Å². The third-order valence-corrected chi connectivity index (χ3v) is 4.88. The monoisotopic (exact) mass is 324 g/mol. The molecule has 6 nitrogen and oxygen atoms in total. The minimum absolute atomic E-state index is 0.0920. The molecule has 4 rings (SSSR count). The van der Waals surface area contributed by atoms with E-state index >= 15 is 0 Å². The van der Waals surface area contributed by atoms with Crippen molar-refractivity contribution in [3.8, 4) is 0 Å². The summed E-state index contributed by atoms with van der Waals surface area (Å²) in [5.74, 6) is 2.61. The third-order valence-electron chi connectivity index (χ3n) is 4.88. The van der Waals surface area contributed by atoms with Gasteiger partial charge in [-0.25, -0.2) is 15.0 Å². The highest BCUT2D eigenvalue weighted by Crippen LogP contribution is 2.36. The summed E-state index contributed by atoms with van der Waals surface area (Å²) in [4.78, 5) is 9.26. The molecule has 3 N–H and O–H groups in total. The van der Waals surface area contributed by atoms with Gasteiger partial charge in [-0.05, 0) is 50.0 Å². The smallest absolute Gasteiger partial charge is 0.145 e. The van der Waals surface area contributed by atoms with Crippen molar-refractivity contribution < 1.29 is 0 Å². The predicted molar refractivity (Wildman–Crippen MR) is 95.8 cm³/mol. The molecule has 2 aliphatic rings. The summed E-state index contributed by atoms with van der Waals surface area (Å²) >= 11 is 0. The summed E-state index contributed by atoms with van der Waals surface area (Å²) in [7, 11) is 2.03. The molecule has 6 heteroatoms. The van der Waals surface area contributed by atoms with Gasteiger partial charge in [0.2, 0.25) is 0 Å². The van der Waals surface area contributed by atoms with Gasteiger partial charge in [0.05, 0.1) is 11.7 Å². The largest absolute Gasteiger partial charge is 0.370 e. The Morgan fingerprint density at radius 3 is 2.96 bits per heavy atom. The first-order valence-electron chi connectivity index (χ1n) is 8.67. The van der Waals surface area contributed by atoms with Crippen molar-refractivity contribution in [2.45, 2.75) is 18.9 Å². The fourth-order valence-electron chi connectivity index (χ4n) is 3.57. The van der Waals surface area contributed by atoms with Crippen LogP contribution in [-0.2, 0) is 0 Å². The molecule has 0 aliphatic carbocycles. The van der Waals surface area contributed by atoms with Gasteiger partial charge in [-0.1, -0.05) is 12.1 Å². The molecule has 1 saturated heterocycles. The van der Waals surface area contributed by atoms with Crippen molar-refractivity contribution in [2.24, 2.45) is 5.92 Å². The van der Waals surface area contributed by atoms with Crippen molar-refractivity contribution >= 4 is 11.6 Å². The van der Waals surface area contributed by atoms with E-state index in [0.717, 1.165) is 42.9 Å². The van der Waals surface area contributed by atoms with Gasteiger partial charge >= 0.3 is 0 Å². The molecular weight excluding hydrogens is 300 g/mol. The molecule has 1 unspecified atom stereocenters. The molecule has 0 bridgehead atoms. The lowest BCUT2D eigenvalue weighted by Crippen LogP contribution is -2.31. The van der Waals surface area contributed by atoms with Crippen LogP contribution in [0, 0.1) is 5.92 Å². The number of hydrogen-bond acceptors (Lipinski definition) is 6. The predicted octanol–water partition coefficient (Wildman–Crippen LogP) is 2.25. The molecule has 0 amide bonds. The van der Waals surface area contributed by atoms with E-state index in [1.165, 1.54) is 18.4 Å². The molecule has 2 aliphatic heterocycles. The first-order valence-corrected chi connectivity index (χ1v) is 8.67. The van der Waals surface area contributed by atoms with E-state index in [9.17, 15) is 0 Å². The topological polar surface area (TPSA) is 65.1 Å². The maximum atomic E-state index is 4.85. The Morgan fingerprint density at radius 1 is 1.21 bits per heavy atom. The second-order valence-electron chi connectivity index (χ2n) is 6.59. The Morgan fingerprint density at radius 2 is 2.08 bits per heavy atom. The quantitative estimate of drug-likeness (QED) is 0.802. The van der Waals surface area contributed by atoms with E-state index in [4.69, 9.17) is 4.98 Å². The fraction of sp³-hybridized carbons (Fsp3) is 0.444. The van der Waals surface area contributed by atoms with E-state index in [2.05, 4.69) is 50.3 Å². The van der Waals surface area contributed by atoms with E-state index in [0.29, 0.717) is 0 Å². The van der Waals surface area contributed by atoms with E-state index in [1.807, 2.05) is 19.3 Å². The number of rotatable bonds is 4. The second kappa shape index (κ2) is 6.75. The van der Waals surface area contributed by atoms with Crippen LogP contribution in [0.4, 0.5) is 11.6 Å². The Labute approximate surface area is 142 Å². The Bertz CT molecular complexity index is 697. The van der Waals surface area contributed by atoms with Crippen LogP contribution in [0.25, 0.3) is 0 Å². The summed E-state index contributed by atoms with van der Waals surface area (Å²) in [5, 5.41) is 9.00. The lowest BCUT2D eigenvalue weighted by atomic mass is 9.98. The maximum Gasteiger partial charge on any atom is 0.145 e. The zero-order valence-corrected chi connectivity index (χ0v) is 14.0. The molecule has 1 fully saturated rings. The van der Waals surface area contributed by atoms with Crippen LogP contribution >= 0.6 is 0 Å². The number of aromatic nitrogens is 2. The van der Waals surface area contributed by atoms with Gasteiger partial charge in [-0.2, -0.15) is 0 Å². The number of nitrogens with one attached hydrogen (secondary N) is 3. The van der Waals surface area contributed by atoms with Crippen LogP contribution in [0.5, 0.6) is 0 Å². The number of nitrogens with zero attached hydrogens (tertiary/aromatic N) is 3. The number of fused-ring (bicyclic) bond motifs is 1. The lowest BCUT2D eigenvalue weighted by Gasteiger charge is -2.23. The van der Waals surface area contributed by atoms with Gasteiger partial charge in [0.25, 0.3) is 0 Å². The number of hydrogen-bond donors (Lipinski definition) is 3. The molecule has 0 saturated carbocycles. The SMILES string of the molecule is CN1Nc2ncccc2C1c1cccc(NCC2CCNCC2)n1. The van der Waals surface area contributed by atoms with Crippen LogP contribution in [0.3, 0.4) is 0 Å². The Balaban J connectivity index is 1.50. The highest BCUT2D eigenvalue weighted by molar-refractivity contribution is 5.53. The lowest BCUT2D eigenvalue weighted by molar-refractivity contribution is 0.356. The molecule has 0 spiro atoms. The van der Waals surface area contributed by atoms with Gasteiger partial charge < -0.3 is 16.1 Å². The molecular formula is C18H24N6. The molecule has 0 aromatic carbocycles. The standard InChI is InChI=1S/C18H24N6/c1-24-17(14-4-3-9-20-18(14)23-24)15-5-2-6-16(22-15)21-12-13-7-10-19-11-8-13/h2-6,9,13,17,19H,7-8,10-12H2,1H3,(H,20,23)(H,21,22). The summed E-state index contributed by atoms with van der Waals surface area (Å²) < 4.78 is 0. The average molecular weight is 324 g/mol. The first kappa shape index (κ1) is 15.4. The van der Waals surface area contributed by atoms with Crippen LogP contribution in [0.2, 0.25) is 0 Å². The van der Waals surface area contributed by atoms with E-state index < -0.39 is 0 Å². The molecule has 24 heavy (non-hydrogen) atoms. The normalized spacial score (nSPS) is 21.3. The zero-order valence-electron chi connectivity index (χ0n) is 14.0. The van der Waals surface area contributed by atoms with Gasteiger partial charge in [0, 0.05) is 25.4 Å². The summed E-state index contributed by atoms with van der Waals surface area (Å²) in [6, 6.07) is 10.4. The second-order valence-corrected chi connectivity index (χ2v) is 6.59. The molecule has 126 valence electrons. The van der Waals surface area contributed by atoms with Crippen molar-refractivity contribution in [2.75, 3.05) is 37.4 Å². The average Bonchev–Trinajstić information content (AvgIpc) is 2.97. The Hall–Kier alpha value is -2.18. The Kier molecular flexibility index (Phi) is 4.32. The van der Waals surface area contributed by atoms with Crippen molar-refractivity contribution in [3.05, 3.63) is 47.8 Å². The first-order chi connectivity index (χ1) is 11.8. The van der Waals surface area contributed by atoms with Gasteiger partial charge in [0.15, 0.2) is 0 Å². The summed E-state index contributed by atoms with van der Waals surface area (Å²) in [5.41, 5.74) is 5.51. The van der Waals surface area contributed by atoms with Crippen molar-refractivity contribution in [1.82, 2.24) is 20.3 Å². The fourth-order valence-corrected chi connectivity index (χ4v) is 3.57. The number of piperidine rings is 1. The molecule has 0 radical (unpaired) electrons. The minimum atomic E-state index is 0.0920. The number of anilines is 2. The highest BCUT2D eigenvalue weighted by atomic mass is 15.5. The van der Waals surface area contributed by atoms with Gasteiger partial charge in [-0.15, -0.1) is 0 Å². The molecule has 2 aromatic heterocycles. The van der Waals surface area contributed by atoms with Crippen molar-refractivity contribution in [3.63, 3.8) is 0 Å². The van der Waals surface area contributed by atoms with E-state index in [1.54, 1.807) is 0 Å².